The molecule has 7 nitrogen and oxygen atoms in total. The number of hydrogen-bond donors (Lipinski definition) is 1. The summed E-state index contributed by atoms with van der Waals surface area (Å²) in [4.78, 5) is 26.4. The minimum absolute atomic E-state index is 0.275. The molecule has 0 aliphatic carbocycles. The average Bonchev–Trinajstić information content (AvgIpc) is 3.21. The number of nitrogens with one attached hydrogen (secondary N) is 1. The van der Waals surface area contributed by atoms with Crippen molar-refractivity contribution in [1.82, 2.24) is 9.99 Å². The van der Waals surface area contributed by atoms with Crippen molar-refractivity contribution >= 4 is 34.7 Å². The molecule has 0 aliphatic heterocycles. The van der Waals surface area contributed by atoms with Gasteiger partial charge in [-0.3, -0.25) is 4.79 Å². The van der Waals surface area contributed by atoms with Gasteiger partial charge in [0.15, 0.2) is 0 Å². The van der Waals surface area contributed by atoms with Crippen LogP contribution in [0.1, 0.15) is 31.8 Å². The molecule has 0 fully saturated rings. The third-order valence-electron chi connectivity index (χ3n) is 5.51. The van der Waals surface area contributed by atoms with E-state index in [1.54, 1.807) is 18.3 Å². The molecule has 7 heteroatoms. The van der Waals surface area contributed by atoms with E-state index in [9.17, 15) is 9.59 Å². The molecule has 0 saturated carbocycles. The maximum atomic E-state index is 12.5. The minimum Gasteiger partial charge on any atom is -0.465 e. The molecule has 0 bridgehead atoms. The van der Waals surface area contributed by atoms with Gasteiger partial charge in [-0.25, -0.2) is 10.2 Å². The zero-order valence-corrected chi connectivity index (χ0v) is 19.4. The fourth-order valence-electron chi connectivity index (χ4n) is 3.77. The summed E-state index contributed by atoms with van der Waals surface area (Å²) in [5, 5.41) is 5.21. The van der Waals surface area contributed by atoms with Crippen LogP contribution in [0.3, 0.4) is 0 Å². The Balaban J connectivity index is 1.55. The van der Waals surface area contributed by atoms with Crippen LogP contribution < -0.4 is 10.3 Å². The maximum Gasteiger partial charge on any atom is 0.337 e. The van der Waals surface area contributed by atoms with Gasteiger partial charge >= 0.3 is 5.97 Å². The summed E-state index contributed by atoms with van der Waals surface area (Å²) in [6, 6.07) is 22.7. The predicted molar refractivity (Wildman–Crippen MR) is 135 cm³/mol. The number of fused-ring (bicyclic) bond motifs is 1. The Labute approximate surface area is 198 Å². The third kappa shape index (κ3) is 4.99. The van der Waals surface area contributed by atoms with Gasteiger partial charge in [0.1, 0.15) is 0 Å². The second kappa shape index (κ2) is 10.0. The van der Waals surface area contributed by atoms with E-state index in [0.717, 1.165) is 27.7 Å². The summed E-state index contributed by atoms with van der Waals surface area (Å²) < 4.78 is 6.92. The lowest BCUT2D eigenvalue weighted by molar-refractivity contribution is 0.0600. The highest BCUT2D eigenvalue weighted by Crippen LogP contribution is 2.22. The van der Waals surface area contributed by atoms with E-state index in [2.05, 4.69) is 15.1 Å². The largest absolute Gasteiger partial charge is 0.465 e. The summed E-state index contributed by atoms with van der Waals surface area (Å²) in [7, 11) is 5.23. The lowest BCUT2D eigenvalue weighted by Crippen LogP contribution is -2.18. The lowest BCUT2D eigenvalue weighted by Gasteiger charge is -2.12. The zero-order chi connectivity index (χ0) is 24.1. The fraction of sp³-hybridized carbons (Fsp3) is 0.148. The van der Waals surface area contributed by atoms with Crippen LogP contribution >= 0.6 is 0 Å². The number of carbonyl (C=O) groups is 2. The van der Waals surface area contributed by atoms with E-state index in [-0.39, 0.29) is 11.9 Å². The number of amides is 1. The molecule has 4 aromatic rings. The summed E-state index contributed by atoms with van der Waals surface area (Å²) in [6.07, 6.45) is 3.63. The van der Waals surface area contributed by atoms with Crippen LogP contribution in [0, 0.1) is 0 Å². The molecular weight excluding hydrogens is 428 g/mol. The molecule has 1 amide bonds. The number of rotatable bonds is 7. The Morgan fingerprint density at radius 3 is 2.56 bits per heavy atom. The summed E-state index contributed by atoms with van der Waals surface area (Å²) in [5.74, 6) is -0.637. The van der Waals surface area contributed by atoms with Crippen molar-refractivity contribution in [1.29, 1.82) is 0 Å². The Hall–Kier alpha value is -4.39. The van der Waals surface area contributed by atoms with Crippen molar-refractivity contribution in [2.75, 3.05) is 26.1 Å². The quantitative estimate of drug-likeness (QED) is 0.257. The van der Waals surface area contributed by atoms with Gasteiger partial charge in [-0.1, -0.05) is 36.4 Å². The molecule has 1 aromatic heterocycles. The first-order valence-corrected chi connectivity index (χ1v) is 10.8. The van der Waals surface area contributed by atoms with E-state index < -0.39 is 0 Å². The average molecular weight is 455 g/mol. The minimum atomic E-state index is -0.362. The molecule has 1 N–H and O–H groups in total. The maximum absolute atomic E-state index is 12.5. The number of hydrazone groups is 1. The van der Waals surface area contributed by atoms with E-state index >= 15 is 0 Å². The van der Waals surface area contributed by atoms with Gasteiger partial charge in [-0.2, -0.15) is 5.10 Å². The van der Waals surface area contributed by atoms with Gasteiger partial charge in [0.05, 0.1) is 18.9 Å². The topological polar surface area (TPSA) is 75.9 Å². The second-order valence-corrected chi connectivity index (χ2v) is 8.07. The van der Waals surface area contributed by atoms with Gasteiger partial charge < -0.3 is 14.2 Å². The van der Waals surface area contributed by atoms with E-state index in [4.69, 9.17) is 4.74 Å². The van der Waals surface area contributed by atoms with Gasteiger partial charge in [0.2, 0.25) is 0 Å². The fourth-order valence-corrected chi connectivity index (χ4v) is 3.77. The molecule has 0 atom stereocenters. The van der Waals surface area contributed by atoms with Crippen molar-refractivity contribution in [2.24, 2.45) is 5.10 Å². The van der Waals surface area contributed by atoms with Crippen molar-refractivity contribution < 1.29 is 14.3 Å². The Kier molecular flexibility index (Phi) is 6.73. The lowest BCUT2D eigenvalue weighted by atomic mass is 10.1. The van der Waals surface area contributed by atoms with E-state index in [0.29, 0.717) is 17.7 Å². The van der Waals surface area contributed by atoms with E-state index in [1.807, 2.05) is 85.9 Å². The number of carbonyl (C=O) groups excluding carboxylic acids is 2. The molecule has 1 heterocycles. The number of methoxy groups -OCH3 is 1. The first kappa shape index (κ1) is 22.8. The summed E-state index contributed by atoms with van der Waals surface area (Å²) in [5.41, 5.74) is 7.48. The highest BCUT2D eigenvalue weighted by molar-refractivity contribution is 6.00. The van der Waals surface area contributed by atoms with Crippen molar-refractivity contribution in [3.63, 3.8) is 0 Å². The van der Waals surface area contributed by atoms with E-state index in [1.165, 1.54) is 7.11 Å². The van der Waals surface area contributed by atoms with Crippen LogP contribution in [-0.2, 0) is 11.3 Å². The van der Waals surface area contributed by atoms with Crippen LogP contribution in [0.5, 0.6) is 0 Å². The number of hydrogen-bond acceptors (Lipinski definition) is 5. The van der Waals surface area contributed by atoms with Gasteiger partial charge in [0, 0.05) is 54.6 Å². The molecule has 3 aromatic carbocycles. The number of benzene rings is 3. The van der Waals surface area contributed by atoms with Crippen LogP contribution in [0.2, 0.25) is 0 Å². The molecule has 34 heavy (non-hydrogen) atoms. The number of anilines is 1. The van der Waals surface area contributed by atoms with Gasteiger partial charge in [-0.05, 0) is 42.0 Å². The van der Waals surface area contributed by atoms with Gasteiger partial charge in [0.25, 0.3) is 5.91 Å². The highest BCUT2D eigenvalue weighted by atomic mass is 16.5. The zero-order valence-electron chi connectivity index (χ0n) is 19.4. The van der Waals surface area contributed by atoms with Crippen molar-refractivity contribution in [3.05, 3.63) is 101 Å². The van der Waals surface area contributed by atoms with Crippen LogP contribution in [-0.4, -0.2) is 43.9 Å². The van der Waals surface area contributed by atoms with Crippen molar-refractivity contribution in [3.8, 4) is 0 Å². The molecule has 0 saturated heterocycles. The standard InChI is InChI=1S/C27H26N4O3/c1-30(2)23-11-7-9-20(15-23)26(32)29-28-16-22-18-31(25-13-5-4-12-24(22)25)17-19-8-6-10-21(14-19)27(33)34-3/h4-16,18H,17H2,1-3H3,(H,29,32)/b28-16-. The first-order chi connectivity index (χ1) is 16.5. The first-order valence-electron chi connectivity index (χ1n) is 10.8. The molecule has 0 unspecified atom stereocenters. The van der Waals surface area contributed by atoms with Crippen LogP contribution in [0.25, 0.3) is 10.9 Å². The molecule has 0 spiro atoms. The number of aromatic nitrogens is 1. The number of ether oxygens (including phenoxy) is 1. The third-order valence-corrected chi connectivity index (χ3v) is 5.51. The molecule has 4 rings (SSSR count). The second-order valence-electron chi connectivity index (χ2n) is 8.07. The number of para-hydroxylation sites is 1. The monoisotopic (exact) mass is 454 g/mol. The normalized spacial score (nSPS) is 11.0. The predicted octanol–water partition coefficient (Wildman–Crippen LogP) is 4.31. The van der Waals surface area contributed by atoms with Gasteiger partial charge in [-0.15, -0.1) is 0 Å². The summed E-state index contributed by atoms with van der Waals surface area (Å²) >= 11 is 0. The van der Waals surface area contributed by atoms with Crippen molar-refractivity contribution in [2.45, 2.75) is 6.54 Å². The molecule has 0 radical (unpaired) electrons. The van der Waals surface area contributed by atoms with Crippen LogP contribution in [0.15, 0.2) is 84.1 Å². The molecular formula is C27H26N4O3. The summed E-state index contributed by atoms with van der Waals surface area (Å²) in [6.45, 7) is 0.572. The van der Waals surface area contributed by atoms with Crippen LogP contribution in [0.4, 0.5) is 5.69 Å². The smallest absolute Gasteiger partial charge is 0.337 e. The Morgan fingerprint density at radius 2 is 1.76 bits per heavy atom. The number of nitrogens with zero attached hydrogens (tertiary/aromatic N) is 3. The number of esters is 1. The molecule has 172 valence electrons. The molecule has 0 aliphatic rings. The SMILES string of the molecule is COC(=O)c1cccc(Cn2cc(/C=N\NC(=O)c3cccc(N(C)C)c3)c3ccccc32)c1. The Morgan fingerprint density at radius 1 is 1.00 bits per heavy atom. The highest BCUT2D eigenvalue weighted by Gasteiger charge is 2.10. The Bertz CT molecular complexity index is 1370.